The van der Waals surface area contributed by atoms with Crippen LogP contribution in [0.4, 0.5) is 13.2 Å². The summed E-state index contributed by atoms with van der Waals surface area (Å²) < 4.78 is 36.7. The third-order valence-corrected chi connectivity index (χ3v) is 2.48. The highest BCUT2D eigenvalue weighted by atomic mass is 35.5. The number of rotatable bonds is 1. The molecule has 0 saturated carbocycles. The summed E-state index contributed by atoms with van der Waals surface area (Å²) in [6.45, 7) is 1.81. The minimum absolute atomic E-state index is 0.268. The van der Waals surface area contributed by atoms with Crippen molar-refractivity contribution in [3.05, 3.63) is 23.3 Å². The van der Waals surface area contributed by atoms with Gasteiger partial charge in [-0.2, -0.15) is 13.2 Å². The van der Waals surface area contributed by atoms with Crippen LogP contribution in [0, 0.1) is 0 Å². The fourth-order valence-corrected chi connectivity index (χ4v) is 1.56. The molecule has 0 fully saturated rings. The van der Waals surface area contributed by atoms with Gasteiger partial charge in [-0.05, 0) is 18.9 Å². The van der Waals surface area contributed by atoms with E-state index in [0.29, 0.717) is 12.0 Å². The SMILES string of the molecule is CCC1=CC(C(F)(F)F)=CCC1Cl. The molecule has 0 N–H and O–H groups in total. The molecule has 13 heavy (non-hydrogen) atoms. The zero-order valence-electron chi connectivity index (χ0n) is 7.16. The summed E-state index contributed by atoms with van der Waals surface area (Å²) in [4.78, 5) is 0. The van der Waals surface area contributed by atoms with Crippen LogP contribution in [0.1, 0.15) is 19.8 Å². The Labute approximate surface area is 80.1 Å². The van der Waals surface area contributed by atoms with Gasteiger partial charge in [0, 0.05) is 0 Å². The fraction of sp³-hybridized carbons (Fsp3) is 0.556. The summed E-state index contributed by atoms with van der Waals surface area (Å²) in [6, 6.07) is 0. The van der Waals surface area contributed by atoms with Crippen LogP contribution < -0.4 is 0 Å². The first-order valence-corrected chi connectivity index (χ1v) is 4.50. The molecule has 0 aromatic rings. The van der Waals surface area contributed by atoms with Gasteiger partial charge in [-0.3, -0.25) is 0 Å². The maximum Gasteiger partial charge on any atom is 0.416 e. The Morgan fingerprint density at radius 2 is 2.15 bits per heavy atom. The highest BCUT2D eigenvalue weighted by Crippen LogP contribution is 2.34. The molecular weight excluding hydrogens is 201 g/mol. The van der Waals surface area contributed by atoms with Gasteiger partial charge in [0.15, 0.2) is 0 Å². The Morgan fingerprint density at radius 1 is 1.54 bits per heavy atom. The van der Waals surface area contributed by atoms with Crippen LogP contribution in [0.25, 0.3) is 0 Å². The molecule has 0 aromatic heterocycles. The van der Waals surface area contributed by atoms with Crippen molar-refractivity contribution in [1.29, 1.82) is 0 Å². The third kappa shape index (κ3) is 2.50. The topological polar surface area (TPSA) is 0 Å². The van der Waals surface area contributed by atoms with Gasteiger partial charge in [0.25, 0.3) is 0 Å². The van der Waals surface area contributed by atoms with E-state index in [0.717, 1.165) is 12.2 Å². The first kappa shape index (κ1) is 10.6. The van der Waals surface area contributed by atoms with Gasteiger partial charge in [0.2, 0.25) is 0 Å². The maximum atomic E-state index is 12.2. The lowest BCUT2D eigenvalue weighted by Gasteiger charge is -2.19. The van der Waals surface area contributed by atoms with Crippen LogP contribution in [0.5, 0.6) is 0 Å². The number of hydrogen-bond donors (Lipinski definition) is 0. The second-order valence-electron chi connectivity index (χ2n) is 2.93. The van der Waals surface area contributed by atoms with Crippen molar-refractivity contribution in [2.45, 2.75) is 31.3 Å². The van der Waals surface area contributed by atoms with Crippen LogP contribution in [-0.2, 0) is 0 Å². The molecule has 0 radical (unpaired) electrons. The molecule has 0 saturated heterocycles. The zero-order chi connectivity index (χ0) is 10.1. The number of halogens is 4. The van der Waals surface area contributed by atoms with Crippen molar-refractivity contribution >= 4 is 11.6 Å². The second kappa shape index (κ2) is 3.74. The van der Waals surface area contributed by atoms with Crippen LogP contribution in [0.2, 0.25) is 0 Å². The van der Waals surface area contributed by atoms with Gasteiger partial charge in [-0.25, -0.2) is 0 Å². The van der Waals surface area contributed by atoms with Crippen LogP contribution in [-0.4, -0.2) is 11.6 Å². The van der Waals surface area contributed by atoms with Crippen molar-refractivity contribution in [3.8, 4) is 0 Å². The van der Waals surface area contributed by atoms with Crippen LogP contribution in [0.3, 0.4) is 0 Å². The average Bonchev–Trinajstić information content (AvgIpc) is 2.03. The van der Waals surface area contributed by atoms with E-state index in [4.69, 9.17) is 11.6 Å². The molecule has 1 unspecified atom stereocenters. The van der Waals surface area contributed by atoms with Gasteiger partial charge < -0.3 is 0 Å². The van der Waals surface area contributed by atoms with E-state index < -0.39 is 11.7 Å². The molecule has 0 heterocycles. The molecule has 0 aliphatic heterocycles. The number of alkyl halides is 4. The molecule has 0 amide bonds. The van der Waals surface area contributed by atoms with Crippen molar-refractivity contribution in [2.75, 3.05) is 0 Å². The summed E-state index contributed by atoms with van der Waals surface area (Å²) in [6.07, 6.45) is -1.09. The molecule has 1 rings (SSSR count). The van der Waals surface area contributed by atoms with E-state index in [1.807, 2.05) is 0 Å². The van der Waals surface area contributed by atoms with Gasteiger partial charge in [0.05, 0.1) is 11.0 Å². The Morgan fingerprint density at radius 3 is 2.62 bits per heavy atom. The van der Waals surface area contributed by atoms with Gasteiger partial charge in [-0.15, -0.1) is 11.6 Å². The van der Waals surface area contributed by atoms with E-state index in [1.54, 1.807) is 6.92 Å². The molecule has 4 heteroatoms. The van der Waals surface area contributed by atoms with Crippen LogP contribution in [0.15, 0.2) is 23.3 Å². The largest absolute Gasteiger partial charge is 0.416 e. The molecule has 0 bridgehead atoms. The Hall–Kier alpha value is -0.440. The predicted octanol–water partition coefficient (Wildman–Crippen LogP) is 3.82. The van der Waals surface area contributed by atoms with E-state index >= 15 is 0 Å². The van der Waals surface area contributed by atoms with Crippen LogP contribution >= 0.6 is 11.6 Å². The van der Waals surface area contributed by atoms with Crippen molar-refractivity contribution in [3.63, 3.8) is 0 Å². The Bertz CT molecular complexity index is 250. The molecule has 1 aliphatic carbocycles. The van der Waals surface area contributed by atoms with E-state index in [-0.39, 0.29) is 11.8 Å². The van der Waals surface area contributed by atoms with Gasteiger partial charge in [0.1, 0.15) is 0 Å². The normalized spacial score (nSPS) is 23.9. The second-order valence-corrected chi connectivity index (χ2v) is 3.46. The van der Waals surface area contributed by atoms with E-state index in [2.05, 4.69) is 0 Å². The standard InChI is InChI=1S/C9H10ClF3/c1-2-6-5-7(9(11,12)13)3-4-8(6)10/h3,5,8H,2,4H2,1H3. The van der Waals surface area contributed by atoms with E-state index in [9.17, 15) is 13.2 Å². The number of allylic oxidation sites excluding steroid dienone is 4. The predicted molar refractivity (Wildman–Crippen MR) is 46.8 cm³/mol. The maximum absolute atomic E-state index is 12.2. The average molecular weight is 211 g/mol. The molecule has 0 spiro atoms. The van der Waals surface area contributed by atoms with Crippen molar-refractivity contribution < 1.29 is 13.2 Å². The first-order valence-electron chi connectivity index (χ1n) is 4.07. The first-order chi connectivity index (χ1) is 5.95. The Kier molecular flexibility index (Phi) is 3.06. The highest BCUT2D eigenvalue weighted by Gasteiger charge is 2.34. The molecule has 0 aromatic carbocycles. The minimum atomic E-state index is -4.24. The molecule has 74 valence electrons. The van der Waals surface area contributed by atoms with E-state index in [1.165, 1.54) is 0 Å². The summed E-state index contributed by atoms with van der Waals surface area (Å²) in [5, 5.41) is -0.268. The number of hydrogen-bond acceptors (Lipinski definition) is 0. The lowest BCUT2D eigenvalue weighted by molar-refractivity contribution is -0.0887. The van der Waals surface area contributed by atoms with Gasteiger partial charge >= 0.3 is 6.18 Å². The summed E-state index contributed by atoms with van der Waals surface area (Å²) in [5.74, 6) is 0. The molecule has 1 atom stereocenters. The minimum Gasteiger partial charge on any atom is -0.166 e. The van der Waals surface area contributed by atoms with Gasteiger partial charge in [-0.1, -0.05) is 18.6 Å². The molecule has 0 nitrogen and oxygen atoms in total. The summed E-state index contributed by atoms with van der Waals surface area (Å²) >= 11 is 5.82. The summed E-state index contributed by atoms with van der Waals surface area (Å²) in [5.41, 5.74) is 0.0951. The third-order valence-electron chi connectivity index (χ3n) is 2.02. The lowest BCUT2D eigenvalue weighted by Crippen LogP contribution is -2.16. The zero-order valence-corrected chi connectivity index (χ0v) is 7.91. The molecule has 1 aliphatic rings. The Balaban J connectivity index is 2.88. The lowest BCUT2D eigenvalue weighted by atomic mass is 9.97. The fourth-order valence-electron chi connectivity index (χ4n) is 1.25. The summed E-state index contributed by atoms with van der Waals surface area (Å²) in [7, 11) is 0. The van der Waals surface area contributed by atoms with Crippen molar-refractivity contribution in [2.24, 2.45) is 0 Å². The highest BCUT2D eigenvalue weighted by molar-refractivity contribution is 6.22. The smallest absolute Gasteiger partial charge is 0.166 e. The monoisotopic (exact) mass is 210 g/mol. The van der Waals surface area contributed by atoms with Crippen molar-refractivity contribution in [1.82, 2.24) is 0 Å². The molecular formula is C9H10ClF3. The quantitative estimate of drug-likeness (QED) is 0.577.